The van der Waals surface area contributed by atoms with Crippen molar-refractivity contribution in [3.8, 4) is 0 Å². The van der Waals surface area contributed by atoms with Crippen LogP contribution in [0.5, 0.6) is 0 Å². The quantitative estimate of drug-likeness (QED) is 0.681. The van der Waals surface area contributed by atoms with Crippen LogP contribution >= 0.6 is 0 Å². The van der Waals surface area contributed by atoms with E-state index in [1.54, 1.807) is 0 Å². The van der Waals surface area contributed by atoms with Crippen LogP contribution in [0.15, 0.2) is 0 Å². The first-order valence-electron chi connectivity index (χ1n) is 4.71. The largest absolute Gasteiger partial charge is 0.481 e. The van der Waals surface area contributed by atoms with Gasteiger partial charge in [0.15, 0.2) is 0 Å². The molecule has 3 heteroatoms. The average Bonchev–Trinajstić information content (AvgIpc) is 2.66. The Hall–Kier alpha value is -0.570. The van der Waals surface area contributed by atoms with E-state index in [0.29, 0.717) is 12.3 Å². The number of carbonyl (C=O) groups is 1. The first-order valence-corrected chi connectivity index (χ1v) is 4.71. The summed E-state index contributed by atoms with van der Waals surface area (Å²) in [7, 11) is 0. The average molecular weight is 169 g/mol. The number of likely N-dealkylation sites (tertiary alicyclic amines) is 1. The predicted molar refractivity (Wildman–Crippen MR) is 45.0 cm³/mol. The summed E-state index contributed by atoms with van der Waals surface area (Å²) in [6, 6.07) is 0.867. The zero-order chi connectivity index (χ0) is 8.55. The number of carboxylic acids is 1. The van der Waals surface area contributed by atoms with Crippen molar-refractivity contribution in [2.75, 3.05) is 13.1 Å². The van der Waals surface area contributed by atoms with Crippen LogP contribution in [0.2, 0.25) is 0 Å². The molecule has 0 aromatic heterocycles. The van der Waals surface area contributed by atoms with Crippen LogP contribution in [0.4, 0.5) is 0 Å². The van der Waals surface area contributed by atoms with Gasteiger partial charge in [0.05, 0.1) is 0 Å². The van der Waals surface area contributed by atoms with Crippen molar-refractivity contribution in [1.29, 1.82) is 0 Å². The number of nitrogens with zero attached hydrogens (tertiary/aromatic N) is 1. The lowest BCUT2D eigenvalue weighted by molar-refractivity contribution is -0.137. The fourth-order valence-corrected chi connectivity index (χ4v) is 1.86. The lowest BCUT2D eigenvalue weighted by Crippen LogP contribution is -2.47. The number of aliphatic carboxylic acids is 1. The summed E-state index contributed by atoms with van der Waals surface area (Å²) in [6.07, 6.45) is 3.96. The first kappa shape index (κ1) is 8.05. The van der Waals surface area contributed by atoms with Gasteiger partial charge >= 0.3 is 5.97 Å². The van der Waals surface area contributed by atoms with Gasteiger partial charge in [-0.25, -0.2) is 0 Å². The van der Waals surface area contributed by atoms with Gasteiger partial charge < -0.3 is 5.11 Å². The maximum absolute atomic E-state index is 10.3. The SMILES string of the molecule is O=C(O)CCC1CN(C2CC2)C1. The van der Waals surface area contributed by atoms with E-state index < -0.39 is 5.97 Å². The van der Waals surface area contributed by atoms with Gasteiger partial charge in [0.2, 0.25) is 0 Å². The molecule has 3 nitrogen and oxygen atoms in total. The minimum atomic E-state index is -0.653. The molecule has 1 N–H and O–H groups in total. The lowest BCUT2D eigenvalue weighted by Gasteiger charge is -2.39. The molecule has 12 heavy (non-hydrogen) atoms. The molecule has 1 aliphatic carbocycles. The van der Waals surface area contributed by atoms with Crippen molar-refractivity contribution < 1.29 is 9.90 Å². The second kappa shape index (κ2) is 3.05. The minimum absolute atomic E-state index is 0.350. The topological polar surface area (TPSA) is 40.5 Å². The summed E-state index contributed by atoms with van der Waals surface area (Å²) in [5.74, 6) is 0.0153. The molecule has 2 aliphatic rings. The van der Waals surface area contributed by atoms with Crippen LogP contribution < -0.4 is 0 Å². The molecule has 0 amide bonds. The highest BCUT2D eigenvalue weighted by Gasteiger charge is 2.37. The molecule has 0 radical (unpaired) electrons. The monoisotopic (exact) mass is 169 g/mol. The Morgan fingerprint density at radius 3 is 2.58 bits per heavy atom. The van der Waals surface area contributed by atoms with E-state index >= 15 is 0 Å². The van der Waals surface area contributed by atoms with E-state index in [4.69, 9.17) is 5.11 Å². The summed E-state index contributed by atoms with van der Waals surface area (Å²) in [6.45, 7) is 2.30. The molecule has 0 atom stereocenters. The third-order valence-electron chi connectivity index (χ3n) is 2.82. The van der Waals surface area contributed by atoms with E-state index in [9.17, 15) is 4.79 Å². The Balaban J connectivity index is 1.58. The summed E-state index contributed by atoms with van der Waals surface area (Å²) in [4.78, 5) is 12.7. The Labute approximate surface area is 72.4 Å². The first-order chi connectivity index (χ1) is 5.75. The highest BCUT2D eigenvalue weighted by Crippen LogP contribution is 2.34. The van der Waals surface area contributed by atoms with Gasteiger partial charge in [0.1, 0.15) is 0 Å². The van der Waals surface area contributed by atoms with E-state index in [0.717, 1.165) is 25.6 Å². The van der Waals surface area contributed by atoms with E-state index in [-0.39, 0.29) is 0 Å². The van der Waals surface area contributed by atoms with Gasteiger partial charge in [0, 0.05) is 25.6 Å². The molecule has 2 fully saturated rings. The van der Waals surface area contributed by atoms with Crippen LogP contribution in [-0.2, 0) is 4.79 Å². The Morgan fingerprint density at radius 2 is 2.08 bits per heavy atom. The van der Waals surface area contributed by atoms with Gasteiger partial charge in [-0.2, -0.15) is 0 Å². The maximum atomic E-state index is 10.3. The molecule has 0 aromatic carbocycles. The standard InChI is InChI=1S/C9H15NO2/c11-9(12)4-1-7-5-10(6-7)8-2-3-8/h7-8H,1-6H2,(H,11,12). The van der Waals surface area contributed by atoms with Crippen LogP contribution in [0.25, 0.3) is 0 Å². The fraction of sp³-hybridized carbons (Fsp3) is 0.889. The summed E-state index contributed by atoms with van der Waals surface area (Å²) in [5, 5.41) is 8.46. The van der Waals surface area contributed by atoms with Crippen molar-refractivity contribution in [1.82, 2.24) is 4.90 Å². The summed E-state index contributed by atoms with van der Waals surface area (Å²) >= 11 is 0. The number of hydrogen-bond acceptors (Lipinski definition) is 2. The van der Waals surface area contributed by atoms with Crippen LogP contribution in [0.1, 0.15) is 25.7 Å². The van der Waals surface area contributed by atoms with Crippen molar-refractivity contribution >= 4 is 5.97 Å². The predicted octanol–water partition coefficient (Wildman–Crippen LogP) is 0.945. The van der Waals surface area contributed by atoms with Gasteiger partial charge in [-0.05, 0) is 25.2 Å². The molecule has 1 saturated carbocycles. The number of hydrogen-bond donors (Lipinski definition) is 1. The molecule has 0 spiro atoms. The van der Waals surface area contributed by atoms with E-state index in [1.807, 2.05) is 0 Å². The molecule has 0 bridgehead atoms. The molecule has 2 rings (SSSR count). The van der Waals surface area contributed by atoms with Gasteiger partial charge in [-0.3, -0.25) is 9.69 Å². The second-order valence-electron chi connectivity index (χ2n) is 3.98. The highest BCUT2D eigenvalue weighted by atomic mass is 16.4. The lowest BCUT2D eigenvalue weighted by atomic mass is 9.94. The molecule has 68 valence electrons. The van der Waals surface area contributed by atoms with Crippen molar-refractivity contribution in [2.24, 2.45) is 5.92 Å². The highest BCUT2D eigenvalue weighted by molar-refractivity contribution is 5.66. The van der Waals surface area contributed by atoms with Gasteiger partial charge in [-0.15, -0.1) is 0 Å². The smallest absolute Gasteiger partial charge is 0.303 e. The van der Waals surface area contributed by atoms with Crippen molar-refractivity contribution in [3.05, 3.63) is 0 Å². The molecule has 0 aromatic rings. The van der Waals surface area contributed by atoms with Gasteiger partial charge in [-0.1, -0.05) is 0 Å². The Morgan fingerprint density at radius 1 is 1.42 bits per heavy atom. The van der Waals surface area contributed by atoms with Crippen LogP contribution in [0.3, 0.4) is 0 Å². The minimum Gasteiger partial charge on any atom is -0.481 e. The zero-order valence-electron chi connectivity index (χ0n) is 7.20. The summed E-state index contributed by atoms with van der Waals surface area (Å²) < 4.78 is 0. The molecular weight excluding hydrogens is 154 g/mol. The number of carboxylic acid groups (broad SMARTS) is 1. The Kier molecular flexibility index (Phi) is 2.05. The normalized spacial score (nSPS) is 25.3. The van der Waals surface area contributed by atoms with E-state index in [1.165, 1.54) is 12.8 Å². The van der Waals surface area contributed by atoms with E-state index in [2.05, 4.69) is 4.90 Å². The molecule has 1 saturated heterocycles. The third kappa shape index (κ3) is 1.78. The van der Waals surface area contributed by atoms with Crippen molar-refractivity contribution in [3.63, 3.8) is 0 Å². The van der Waals surface area contributed by atoms with Crippen molar-refractivity contribution in [2.45, 2.75) is 31.7 Å². The molecule has 0 unspecified atom stereocenters. The molecule has 1 aliphatic heterocycles. The fourth-order valence-electron chi connectivity index (χ4n) is 1.86. The maximum Gasteiger partial charge on any atom is 0.303 e. The third-order valence-corrected chi connectivity index (χ3v) is 2.82. The Bertz CT molecular complexity index is 183. The van der Waals surface area contributed by atoms with Crippen LogP contribution in [-0.4, -0.2) is 35.1 Å². The zero-order valence-corrected chi connectivity index (χ0v) is 7.20. The second-order valence-corrected chi connectivity index (χ2v) is 3.98. The van der Waals surface area contributed by atoms with Gasteiger partial charge in [0.25, 0.3) is 0 Å². The molecule has 1 heterocycles. The summed E-state index contributed by atoms with van der Waals surface area (Å²) in [5.41, 5.74) is 0. The molecular formula is C9H15NO2. The van der Waals surface area contributed by atoms with Crippen LogP contribution in [0, 0.1) is 5.92 Å². The number of rotatable bonds is 4.